The monoisotopic (exact) mass is 603 g/mol. The molecule has 1 rings (SSSR count). The first-order valence-corrected chi connectivity index (χ1v) is 13.8. The van der Waals surface area contributed by atoms with Gasteiger partial charge in [0.15, 0.2) is 0 Å². The van der Waals surface area contributed by atoms with Gasteiger partial charge in [0, 0.05) is 6.54 Å². The van der Waals surface area contributed by atoms with Crippen molar-refractivity contribution in [2.75, 3.05) is 19.7 Å². The van der Waals surface area contributed by atoms with Crippen molar-refractivity contribution in [3.8, 4) is 0 Å². The molecule has 0 aromatic rings. The third-order valence-corrected chi connectivity index (χ3v) is 6.80. The van der Waals surface area contributed by atoms with Gasteiger partial charge in [0.25, 0.3) is 0 Å². The van der Waals surface area contributed by atoms with Crippen LogP contribution in [0.1, 0.15) is 52.9 Å². The molecular formula is C25H45N7O10. The first kappa shape index (κ1) is 36.6. The molecule has 1 heterocycles. The number of nitrogens with one attached hydrogen (secondary N) is 4. The van der Waals surface area contributed by atoms with E-state index < -0.39 is 90.6 Å². The standard InChI is InChI=1S/C25H45N7O10/c1-12(28-21(37)15(27)11-33)20(36)29-16(7-4-5-9-26)22(38)30-18(13(2)34)23(39)31-19(14(3)35)24(40)32-10-6-8-17(32)25(41)42/h12-19,33-35H,4-11,26-27H2,1-3H3,(H,28,37)(H,29,36)(H,30,38)(H,31,39)(H,41,42)/t12-,13+,14+,15-,16-,17-,18-,19-/m0/s1. The number of nitrogens with two attached hydrogens (primary N) is 2. The van der Waals surface area contributed by atoms with Crippen molar-refractivity contribution in [2.24, 2.45) is 11.5 Å². The molecule has 0 aromatic heterocycles. The summed E-state index contributed by atoms with van der Waals surface area (Å²) >= 11 is 0. The van der Waals surface area contributed by atoms with Crippen LogP contribution in [0, 0.1) is 0 Å². The number of hydrogen-bond donors (Lipinski definition) is 10. The molecule has 1 fully saturated rings. The molecule has 0 radical (unpaired) electrons. The molecule has 5 amide bonds. The van der Waals surface area contributed by atoms with E-state index in [0.29, 0.717) is 25.8 Å². The summed E-state index contributed by atoms with van der Waals surface area (Å²) in [6.07, 6.45) is -1.32. The molecule has 1 aliphatic heterocycles. The van der Waals surface area contributed by atoms with Gasteiger partial charge in [-0.05, 0) is 59.4 Å². The number of carboxylic acids is 1. The minimum absolute atomic E-state index is 0.0834. The van der Waals surface area contributed by atoms with Crippen molar-refractivity contribution in [3.05, 3.63) is 0 Å². The highest BCUT2D eigenvalue weighted by Gasteiger charge is 2.40. The molecule has 17 nitrogen and oxygen atoms in total. The van der Waals surface area contributed by atoms with Crippen LogP contribution in [-0.4, -0.2) is 129 Å². The number of aliphatic hydroxyl groups is 3. The van der Waals surface area contributed by atoms with E-state index in [-0.39, 0.29) is 19.4 Å². The fraction of sp³-hybridized carbons (Fsp3) is 0.760. The Labute approximate surface area is 243 Å². The number of rotatable bonds is 17. The van der Waals surface area contributed by atoms with Gasteiger partial charge in [-0.2, -0.15) is 0 Å². The minimum atomic E-state index is -1.63. The average molecular weight is 604 g/mol. The summed E-state index contributed by atoms with van der Waals surface area (Å²) in [4.78, 5) is 76.6. The topological polar surface area (TPSA) is 287 Å². The maximum atomic E-state index is 13.2. The summed E-state index contributed by atoms with van der Waals surface area (Å²) in [5, 5.41) is 48.4. The number of nitrogens with zero attached hydrogens (tertiary/aromatic N) is 1. The second-order valence-corrected chi connectivity index (χ2v) is 10.3. The Kier molecular flexibility index (Phi) is 15.3. The van der Waals surface area contributed by atoms with Crippen LogP contribution in [-0.2, 0) is 28.8 Å². The molecule has 1 saturated heterocycles. The Bertz CT molecular complexity index is 964. The number of carbonyl (C=O) groups is 6. The zero-order valence-electron chi connectivity index (χ0n) is 24.1. The highest BCUT2D eigenvalue weighted by Crippen LogP contribution is 2.19. The van der Waals surface area contributed by atoms with Gasteiger partial charge in [0.05, 0.1) is 18.8 Å². The van der Waals surface area contributed by atoms with Crippen molar-refractivity contribution in [1.29, 1.82) is 0 Å². The third kappa shape index (κ3) is 10.8. The number of aliphatic hydroxyl groups excluding tert-OH is 3. The van der Waals surface area contributed by atoms with Crippen molar-refractivity contribution >= 4 is 35.5 Å². The van der Waals surface area contributed by atoms with Gasteiger partial charge in [0.2, 0.25) is 29.5 Å². The SMILES string of the molecule is C[C@H](NC(=O)[C@@H](N)CO)C(=O)N[C@@H](CCCCN)C(=O)N[C@H](C(=O)N[C@H](C(=O)N1CCC[C@H]1C(=O)O)[C@@H](C)O)[C@@H](C)O. The van der Waals surface area contributed by atoms with Crippen molar-refractivity contribution in [3.63, 3.8) is 0 Å². The maximum absolute atomic E-state index is 13.2. The lowest BCUT2D eigenvalue weighted by Crippen LogP contribution is -2.62. The van der Waals surface area contributed by atoms with Crippen LogP contribution in [0.2, 0.25) is 0 Å². The molecule has 240 valence electrons. The molecule has 8 atom stereocenters. The summed E-state index contributed by atoms with van der Waals surface area (Å²) in [5.74, 6) is -5.51. The van der Waals surface area contributed by atoms with Crippen molar-refractivity contribution in [1.82, 2.24) is 26.2 Å². The van der Waals surface area contributed by atoms with Gasteiger partial charge >= 0.3 is 5.97 Å². The van der Waals surface area contributed by atoms with Gasteiger partial charge in [-0.25, -0.2) is 4.79 Å². The van der Waals surface area contributed by atoms with Crippen molar-refractivity contribution in [2.45, 2.75) is 101 Å². The van der Waals surface area contributed by atoms with Gasteiger partial charge < -0.3 is 58.1 Å². The van der Waals surface area contributed by atoms with Gasteiger partial charge in [-0.15, -0.1) is 0 Å². The first-order valence-electron chi connectivity index (χ1n) is 13.8. The van der Waals surface area contributed by atoms with Crippen LogP contribution < -0.4 is 32.7 Å². The van der Waals surface area contributed by atoms with E-state index in [2.05, 4.69) is 21.3 Å². The molecule has 42 heavy (non-hydrogen) atoms. The minimum Gasteiger partial charge on any atom is -0.480 e. The highest BCUT2D eigenvalue weighted by atomic mass is 16.4. The van der Waals surface area contributed by atoms with Gasteiger partial charge in [-0.3, -0.25) is 24.0 Å². The lowest BCUT2D eigenvalue weighted by Gasteiger charge is -2.31. The Morgan fingerprint density at radius 1 is 0.857 bits per heavy atom. The molecule has 17 heteroatoms. The molecule has 0 aromatic carbocycles. The van der Waals surface area contributed by atoms with Crippen molar-refractivity contribution < 1.29 is 49.2 Å². The molecule has 12 N–H and O–H groups in total. The molecule has 0 unspecified atom stereocenters. The average Bonchev–Trinajstić information content (AvgIpc) is 3.43. The highest BCUT2D eigenvalue weighted by molar-refractivity contribution is 5.96. The Balaban J connectivity index is 3.04. The molecule has 0 spiro atoms. The first-order chi connectivity index (χ1) is 19.7. The smallest absolute Gasteiger partial charge is 0.326 e. The number of unbranched alkanes of at least 4 members (excludes halogenated alkanes) is 1. The van der Waals surface area contributed by atoms with Gasteiger partial charge in [-0.1, -0.05) is 0 Å². The predicted molar refractivity (Wildman–Crippen MR) is 147 cm³/mol. The van der Waals surface area contributed by atoms with E-state index in [1.807, 2.05) is 0 Å². The zero-order chi connectivity index (χ0) is 32.1. The van der Waals surface area contributed by atoms with Gasteiger partial charge in [0.1, 0.15) is 36.3 Å². The summed E-state index contributed by atoms with van der Waals surface area (Å²) in [6, 6.07) is -7.94. The van der Waals surface area contributed by atoms with Crippen LogP contribution in [0.3, 0.4) is 0 Å². The number of amides is 5. The molecule has 1 aliphatic rings. The van der Waals surface area contributed by atoms with Crippen LogP contribution in [0.25, 0.3) is 0 Å². The summed E-state index contributed by atoms with van der Waals surface area (Å²) < 4.78 is 0. The lowest BCUT2D eigenvalue weighted by molar-refractivity contribution is -0.151. The van der Waals surface area contributed by atoms with E-state index in [9.17, 15) is 44.1 Å². The third-order valence-electron chi connectivity index (χ3n) is 6.80. The summed E-state index contributed by atoms with van der Waals surface area (Å²) in [7, 11) is 0. The Hall–Kier alpha value is -3.38. The zero-order valence-corrected chi connectivity index (χ0v) is 24.1. The number of likely N-dealkylation sites (tertiary alicyclic amines) is 1. The molecule has 0 bridgehead atoms. The van der Waals surface area contributed by atoms with Crippen LogP contribution in [0.15, 0.2) is 0 Å². The van der Waals surface area contributed by atoms with E-state index in [1.54, 1.807) is 0 Å². The number of aliphatic carboxylic acids is 1. The molecular weight excluding hydrogens is 558 g/mol. The number of hydrogen-bond acceptors (Lipinski definition) is 11. The fourth-order valence-corrected chi connectivity index (χ4v) is 4.28. The maximum Gasteiger partial charge on any atom is 0.326 e. The Morgan fingerprint density at radius 2 is 1.45 bits per heavy atom. The quantitative estimate of drug-likeness (QED) is 0.0701. The van der Waals surface area contributed by atoms with E-state index in [4.69, 9.17) is 16.6 Å². The summed E-state index contributed by atoms with van der Waals surface area (Å²) in [6.45, 7) is 3.53. The number of carbonyl (C=O) groups excluding carboxylic acids is 5. The van der Waals surface area contributed by atoms with Crippen LogP contribution in [0.5, 0.6) is 0 Å². The Morgan fingerprint density at radius 3 is 1.98 bits per heavy atom. The van der Waals surface area contributed by atoms with E-state index in [1.165, 1.54) is 20.8 Å². The second kappa shape index (κ2) is 17.5. The lowest BCUT2D eigenvalue weighted by atomic mass is 10.0. The van der Waals surface area contributed by atoms with E-state index >= 15 is 0 Å². The fourth-order valence-electron chi connectivity index (χ4n) is 4.28. The summed E-state index contributed by atoms with van der Waals surface area (Å²) in [5.41, 5.74) is 11.0. The largest absolute Gasteiger partial charge is 0.480 e. The van der Waals surface area contributed by atoms with Crippen LogP contribution >= 0.6 is 0 Å². The van der Waals surface area contributed by atoms with Crippen LogP contribution in [0.4, 0.5) is 0 Å². The normalized spacial score (nSPS) is 19.8. The number of carboxylic acid groups (broad SMARTS) is 1. The molecule has 0 aliphatic carbocycles. The van der Waals surface area contributed by atoms with E-state index in [0.717, 1.165) is 4.90 Å². The second-order valence-electron chi connectivity index (χ2n) is 10.3. The molecule has 0 saturated carbocycles. The predicted octanol–water partition coefficient (Wildman–Crippen LogP) is -4.77.